The van der Waals surface area contributed by atoms with Crippen molar-refractivity contribution in [1.29, 1.82) is 0 Å². The van der Waals surface area contributed by atoms with E-state index in [1.54, 1.807) is 0 Å². The zero-order valence-electron chi connectivity index (χ0n) is 40.7. The number of hydrogen-bond donors (Lipinski definition) is 1. The Kier molecular flexibility index (Phi) is 9.21. The number of para-hydroxylation sites is 1. The van der Waals surface area contributed by atoms with Crippen LogP contribution in [0.25, 0.3) is 55.0 Å². The normalized spacial score (nSPS) is 17.4. The quantitative estimate of drug-likeness (QED) is 0.175. The van der Waals surface area contributed by atoms with Crippen LogP contribution in [0.2, 0.25) is 0 Å². The number of benzene rings is 8. The SMILES string of the molecule is Cc1cc2c(cc1N1c3ccc(-c4ccccc4)cc3Bc3c(-c4cc5oc6ccccc6c5cc4Nc4ccc5c(c4)C(C)(C)CCC5(C)C)cc4ccccc4c31)C(C)(C)CCC2(C)C. The van der Waals surface area contributed by atoms with E-state index < -0.39 is 0 Å². The first-order valence-corrected chi connectivity index (χ1v) is 24.6. The Labute approximate surface area is 397 Å². The van der Waals surface area contributed by atoms with Gasteiger partial charge in [-0.2, -0.15) is 0 Å². The van der Waals surface area contributed by atoms with Gasteiger partial charge >= 0.3 is 0 Å². The van der Waals surface area contributed by atoms with Gasteiger partial charge in [0.2, 0.25) is 0 Å². The topological polar surface area (TPSA) is 28.4 Å². The van der Waals surface area contributed by atoms with E-state index >= 15 is 0 Å². The summed E-state index contributed by atoms with van der Waals surface area (Å²) in [5, 5.41) is 8.81. The van der Waals surface area contributed by atoms with Crippen molar-refractivity contribution in [2.45, 2.75) is 110 Å². The smallest absolute Gasteiger partial charge is 0.198 e. The lowest BCUT2D eigenvalue weighted by atomic mass is 9.57. The van der Waals surface area contributed by atoms with Crippen molar-refractivity contribution in [3.8, 4) is 22.3 Å². The maximum absolute atomic E-state index is 6.75. The molecule has 0 spiro atoms. The summed E-state index contributed by atoms with van der Waals surface area (Å²) in [5.74, 6) is 0. The molecule has 0 radical (unpaired) electrons. The Morgan fingerprint density at radius 2 is 1.13 bits per heavy atom. The Morgan fingerprint density at radius 3 is 1.88 bits per heavy atom. The van der Waals surface area contributed by atoms with Gasteiger partial charge < -0.3 is 14.6 Å². The van der Waals surface area contributed by atoms with Crippen LogP contribution in [0.4, 0.5) is 28.4 Å². The third-order valence-corrected chi connectivity index (χ3v) is 16.5. The predicted octanol–water partition coefficient (Wildman–Crippen LogP) is 16.0. The number of aryl methyl sites for hydroxylation is 1. The molecule has 1 aliphatic heterocycles. The largest absolute Gasteiger partial charge is 0.456 e. The third-order valence-electron chi connectivity index (χ3n) is 16.5. The lowest BCUT2D eigenvalue weighted by Crippen LogP contribution is -2.41. The highest BCUT2D eigenvalue weighted by molar-refractivity contribution is 6.74. The molecule has 2 heterocycles. The molecule has 3 aliphatic rings. The molecule has 1 aromatic heterocycles. The fourth-order valence-corrected chi connectivity index (χ4v) is 12.2. The molecular formula is C63H61BN2O. The van der Waals surface area contributed by atoms with E-state index in [0.717, 1.165) is 52.6 Å². The maximum Gasteiger partial charge on any atom is 0.198 e. The van der Waals surface area contributed by atoms with Gasteiger partial charge in [0.05, 0.1) is 0 Å². The molecule has 0 unspecified atom stereocenters. The van der Waals surface area contributed by atoms with Gasteiger partial charge in [-0.3, -0.25) is 0 Å². The summed E-state index contributed by atoms with van der Waals surface area (Å²) < 4.78 is 6.75. The summed E-state index contributed by atoms with van der Waals surface area (Å²) in [7, 11) is 0.782. The zero-order chi connectivity index (χ0) is 46.2. The van der Waals surface area contributed by atoms with Gasteiger partial charge in [-0.15, -0.1) is 0 Å². The van der Waals surface area contributed by atoms with Gasteiger partial charge in [0.15, 0.2) is 7.28 Å². The average molecular weight is 873 g/mol. The van der Waals surface area contributed by atoms with Crippen molar-refractivity contribution >= 4 is 79.4 Å². The first-order valence-electron chi connectivity index (χ1n) is 24.6. The predicted molar refractivity (Wildman–Crippen MR) is 288 cm³/mol. The van der Waals surface area contributed by atoms with E-state index in [4.69, 9.17) is 4.42 Å². The molecule has 0 atom stereocenters. The number of nitrogens with zero attached hydrogens (tertiary/aromatic N) is 1. The van der Waals surface area contributed by atoms with E-state index in [9.17, 15) is 0 Å². The Hall–Kier alpha value is -6.52. The second kappa shape index (κ2) is 14.7. The highest BCUT2D eigenvalue weighted by atomic mass is 16.3. The molecule has 0 saturated carbocycles. The highest BCUT2D eigenvalue weighted by Crippen LogP contribution is 2.52. The van der Waals surface area contributed by atoms with Crippen molar-refractivity contribution in [2.75, 3.05) is 10.2 Å². The molecule has 4 heteroatoms. The maximum atomic E-state index is 6.75. The van der Waals surface area contributed by atoms with Gasteiger partial charge in [0, 0.05) is 50.2 Å². The van der Waals surface area contributed by atoms with E-state index in [0.29, 0.717) is 0 Å². The average Bonchev–Trinajstić information content (AvgIpc) is 3.68. The molecule has 12 rings (SSSR count). The number of fused-ring (bicyclic) bond motifs is 9. The first kappa shape index (κ1) is 41.9. The summed E-state index contributed by atoms with van der Waals surface area (Å²) in [5.41, 5.74) is 22.8. The molecule has 3 nitrogen and oxygen atoms in total. The molecule has 0 saturated heterocycles. The van der Waals surface area contributed by atoms with Gasteiger partial charge in [-0.1, -0.05) is 158 Å². The summed E-state index contributed by atoms with van der Waals surface area (Å²) in [6, 6.07) is 54.9. The molecule has 0 bridgehead atoms. The second-order valence-corrected chi connectivity index (χ2v) is 22.8. The standard InChI is InChI=1S/C63H61BN2O/c1-38-31-49-51(63(8,9)30-29-61(49,4)5)37-55(38)66-54-26-23-40(39-17-11-10-12-18-39)33-52(54)64-58-47(32-41-19-13-14-20-43(41)59(58)66)45-36-57-46(44-21-15-16-22-56(44)67-57)35-53(45)65-42-24-25-48-50(34-42)62(6,7)28-27-60(48,2)3/h10-26,31-37,64-65H,27-30H2,1-9H3. The van der Waals surface area contributed by atoms with Crippen LogP contribution >= 0.6 is 0 Å². The Balaban J connectivity index is 1.14. The zero-order valence-corrected chi connectivity index (χ0v) is 40.7. The van der Waals surface area contributed by atoms with Crippen molar-refractivity contribution in [2.24, 2.45) is 0 Å². The van der Waals surface area contributed by atoms with E-state index in [1.165, 1.54) is 103 Å². The van der Waals surface area contributed by atoms with Crippen LogP contribution in [-0.4, -0.2) is 7.28 Å². The summed E-state index contributed by atoms with van der Waals surface area (Å²) in [6.07, 6.45) is 4.70. The van der Waals surface area contributed by atoms with Crippen LogP contribution in [0, 0.1) is 6.92 Å². The number of anilines is 5. The van der Waals surface area contributed by atoms with Crippen molar-refractivity contribution in [3.63, 3.8) is 0 Å². The molecule has 9 aromatic rings. The minimum atomic E-state index is 0.0556. The lowest BCUT2D eigenvalue weighted by Gasteiger charge is -2.44. The van der Waals surface area contributed by atoms with Crippen LogP contribution in [0.3, 0.4) is 0 Å². The monoisotopic (exact) mass is 872 g/mol. The number of nitrogens with one attached hydrogen (secondary N) is 1. The van der Waals surface area contributed by atoms with E-state index in [1.807, 2.05) is 0 Å². The number of rotatable bonds is 5. The molecule has 0 fully saturated rings. The summed E-state index contributed by atoms with van der Waals surface area (Å²) in [4.78, 5) is 2.64. The third kappa shape index (κ3) is 6.68. The van der Waals surface area contributed by atoms with Crippen molar-refractivity contribution in [1.82, 2.24) is 0 Å². The van der Waals surface area contributed by atoms with Crippen LogP contribution < -0.4 is 21.1 Å². The molecule has 2 aliphatic carbocycles. The summed E-state index contributed by atoms with van der Waals surface area (Å²) in [6.45, 7) is 21.8. The fourth-order valence-electron chi connectivity index (χ4n) is 12.2. The van der Waals surface area contributed by atoms with Crippen LogP contribution in [0.5, 0.6) is 0 Å². The van der Waals surface area contributed by atoms with Crippen LogP contribution in [0.15, 0.2) is 150 Å². The minimum Gasteiger partial charge on any atom is -0.456 e. The van der Waals surface area contributed by atoms with E-state index in [2.05, 4.69) is 218 Å². The van der Waals surface area contributed by atoms with Gasteiger partial charge in [-0.25, -0.2) is 0 Å². The molecule has 67 heavy (non-hydrogen) atoms. The molecule has 332 valence electrons. The molecular weight excluding hydrogens is 812 g/mol. The van der Waals surface area contributed by atoms with Crippen LogP contribution in [-0.2, 0) is 21.7 Å². The number of hydrogen-bond acceptors (Lipinski definition) is 3. The molecule has 0 amide bonds. The first-order chi connectivity index (χ1) is 32.1. The van der Waals surface area contributed by atoms with Crippen molar-refractivity contribution < 1.29 is 4.42 Å². The number of furan rings is 1. The van der Waals surface area contributed by atoms with Gasteiger partial charge in [0.1, 0.15) is 11.2 Å². The van der Waals surface area contributed by atoms with E-state index in [-0.39, 0.29) is 21.7 Å². The highest BCUT2D eigenvalue weighted by Gasteiger charge is 2.40. The van der Waals surface area contributed by atoms with Crippen LogP contribution in [0.1, 0.15) is 109 Å². The van der Waals surface area contributed by atoms with Crippen molar-refractivity contribution in [3.05, 3.63) is 173 Å². The lowest BCUT2D eigenvalue weighted by molar-refractivity contribution is 0.332. The second-order valence-electron chi connectivity index (χ2n) is 22.8. The Bertz CT molecular complexity index is 3500. The van der Waals surface area contributed by atoms with Gasteiger partial charge in [-0.05, 0) is 158 Å². The summed E-state index contributed by atoms with van der Waals surface area (Å²) >= 11 is 0. The molecule has 1 N–H and O–H groups in total. The fraction of sp³-hybridized carbons (Fsp3) is 0.270. The molecule has 8 aromatic carbocycles. The minimum absolute atomic E-state index is 0.0556. The van der Waals surface area contributed by atoms with Gasteiger partial charge in [0.25, 0.3) is 0 Å². The Morgan fingerprint density at radius 1 is 0.493 bits per heavy atom.